The third-order valence-corrected chi connectivity index (χ3v) is 2.46. The van der Waals surface area contributed by atoms with Gasteiger partial charge in [0.15, 0.2) is 0 Å². The summed E-state index contributed by atoms with van der Waals surface area (Å²) in [6, 6.07) is 4.45. The van der Waals surface area contributed by atoms with Crippen LogP contribution in [-0.2, 0) is 0 Å². The Hall–Kier alpha value is -1.04. The lowest BCUT2D eigenvalue weighted by Gasteiger charge is -1.97. The number of phenolic OH excluding ortho intramolecular Hbond substituents is 1. The zero-order chi connectivity index (χ0) is 9.42. The molecule has 4 heteroatoms. The highest BCUT2D eigenvalue weighted by Gasteiger charge is 2.04. The van der Waals surface area contributed by atoms with E-state index in [1.54, 1.807) is 6.07 Å². The lowest BCUT2D eigenvalue weighted by atomic mass is 10.2. The SMILES string of the molecule is O=c1c(I)coc2cc(O)ccc12. The second-order valence-corrected chi connectivity index (χ2v) is 3.76. The second kappa shape index (κ2) is 3.02. The third-order valence-electron chi connectivity index (χ3n) is 1.72. The normalized spacial score (nSPS) is 10.5. The molecule has 2 rings (SSSR count). The van der Waals surface area contributed by atoms with E-state index < -0.39 is 0 Å². The molecule has 0 aliphatic rings. The van der Waals surface area contributed by atoms with Crippen LogP contribution < -0.4 is 5.43 Å². The molecule has 66 valence electrons. The lowest BCUT2D eigenvalue weighted by molar-refractivity contribution is 0.474. The van der Waals surface area contributed by atoms with E-state index >= 15 is 0 Å². The van der Waals surface area contributed by atoms with Crippen LogP contribution in [0.5, 0.6) is 5.75 Å². The van der Waals surface area contributed by atoms with Crippen molar-refractivity contribution in [3.05, 3.63) is 38.3 Å². The topological polar surface area (TPSA) is 50.4 Å². The fourth-order valence-electron chi connectivity index (χ4n) is 1.09. The first kappa shape index (κ1) is 8.55. The number of phenols is 1. The molecule has 13 heavy (non-hydrogen) atoms. The summed E-state index contributed by atoms with van der Waals surface area (Å²) < 4.78 is 5.67. The van der Waals surface area contributed by atoms with E-state index in [4.69, 9.17) is 9.52 Å². The number of fused-ring (bicyclic) bond motifs is 1. The van der Waals surface area contributed by atoms with Gasteiger partial charge in [0.25, 0.3) is 0 Å². The molecule has 2 aromatic rings. The van der Waals surface area contributed by atoms with Gasteiger partial charge in [-0.2, -0.15) is 0 Å². The molecule has 3 nitrogen and oxygen atoms in total. The molecule has 0 amide bonds. The Bertz CT molecular complexity index is 516. The van der Waals surface area contributed by atoms with Crippen molar-refractivity contribution in [2.24, 2.45) is 0 Å². The van der Waals surface area contributed by atoms with Crippen LogP contribution in [0.4, 0.5) is 0 Å². The molecule has 0 spiro atoms. The molecule has 1 N–H and O–H groups in total. The summed E-state index contributed by atoms with van der Waals surface area (Å²) >= 11 is 1.91. The molecule has 1 heterocycles. The highest BCUT2D eigenvalue weighted by Crippen LogP contribution is 2.17. The van der Waals surface area contributed by atoms with Gasteiger partial charge in [0.1, 0.15) is 17.6 Å². The molecular weight excluding hydrogens is 283 g/mol. The van der Waals surface area contributed by atoms with E-state index in [9.17, 15) is 4.79 Å². The number of halogens is 1. The van der Waals surface area contributed by atoms with Crippen LogP contribution in [-0.4, -0.2) is 5.11 Å². The maximum absolute atomic E-state index is 11.5. The van der Waals surface area contributed by atoms with E-state index in [1.807, 2.05) is 22.6 Å². The monoisotopic (exact) mass is 288 g/mol. The highest BCUT2D eigenvalue weighted by atomic mass is 127. The first-order valence-corrected chi connectivity index (χ1v) is 4.66. The Balaban J connectivity index is 2.95. The van der Waals surface area contributed by atoms with Crippen LogP contribution in [0.1, 0.15) is 0 Å². The van der Waals surface area contributed by atoms with Gasteiger partial charge in [-0.15, -0.1) is 0 Å². The van der Waals surface area contributed by atoms with Crippen molar-refractivity contribution < 1.29 is 9.52 Å². The Kier molecular flexibility index (Phi) is 1.99. The first-order chi connectivity index (χ1) is 6.18. The molecule has 0 unspecified atom stereocenters. The summed E-state index contributed by atoms with van der Waals surface area (Å²) in [4.78, 5) is 11.5. The van der Waals surface area contributed by atoms with E-state index in [-0.39, 0.29) is 11.2 Å². The van der Waals surface area contributed by atoms with Crippen molar-refractivity contribution in [3.63, 3.8) is 0 Å². The Morgan fingerprint density at radius 3 is 2.92 bits per heavy atom. The quantitative estimate of drug-likeness (QED) is 0.755. The zero-order valence-corrected chi connectivity index (χ0v) is 8.61. The fourth-order valence-corrected chi connectivity index (χ4v) is 1.51. The van der Waals surface area contributed by atoms with Crippen LogP contribution in [0.15, 0.2) is 33.7 Å². The predicted octanol–water partition coefficient (Wildman–Crippen LogP) is 2.10. The molecule has 1 aromatic carbocycles. The van der Waals surface area contributed by atoms with Gasteiger partial charge in [-0.1, -0.05) is 0 Å². The number of aromatic hydroxyl groups is 1. The van der Waals surface area contributed by atoms with Gasteiger partial charge in [0.05, 0.1) is 8.96 Å². The van der Waals surface area contributed by atoms with Crippen molar-refractivity contribution in [2.75, 3.05) is 0 Å². The Labute approximate surface area is 87.1 Å². The zero-order valence-electron chi connectivity index (χ0n) is 6.45. The van der Waals surface area contributed by atoms with Crippen molar-refractivity contribution in [1.29, 1.82) is 0 Å². The number of rotatable bonds is 0. The Morgan fingerprint density at radius 1 is 1.38 bits per heavy atom. The molecule has 0 aliphatic carbocycles. The summed E-state index contributed by atoms with van der Waals surface area (Å²) in [5, 5.41) is 9.62. The van der Waals surface area contributed by atoms with Gasteiger partial charge in [0, 0.05) is 6.07 Å². The summed E-state index contributed by atoms with van der Waals surface area (Å²) in [6.07, 6.45) is 1.38. The summed E-state index contributed by atoms with van der Waals surface area (Å²) in [7, 11) is 0. The van der Waals surface area contributed by atoms with Gasteiger partial charge >= 0.3 is 0 Å². The van der Waals surface area contributed by atoms with E-state index in [0.29, 0.717) is 14.5 Å². The average Bonchev–Trinajstić information content (AvgIpc) is 2.12. The number of benzene rings is 1. The predicted molar refractivity (Wildman–Crippen MR) is 56.9 cm³/mol. The average molecular weight is 288 g/mol. The van der Waals surface area contributed by atoms with E-state index in [1.165, 1.54) is 18.4 Å². The Morgan fingerprint density at radius 2 is 2.15 bits per heavy atom. The van der Waals surface area contributed by atoms with E-state index in [2.05, 4.69) is 0 Å². The van der Waals surface area contributed by atoms with Crippen LogP contribution in [0.2, 0.25) is 0 Å². The smallest absolute Gasteiger partial charge is 0.205 e. The van der Waals surface area contributed by atoms with Crippen LogP contribution in [0, 0.1) is 3.57 Å². The van der Waals surface area contributed by atoms with Gasteiger partial charge in [-0.25, -0.2) is 0 Å². The van der Waals surface area contributed by atoms with Gasteiger partial charge < -0.3 is 9.52 Å². The molecule has 0 fully saturated rings. The maximum Gasteiger partial charge on any atom is 0.205 e. The minimum atomic E-state index is -0.0677. The minimum absolute atomic E-state index is 0.0677. The van der Waals surface area contributed by atoms with Crippen molar-refractivity contribution in [3.8, 4) is 5.75 Å². The molecule has 0 radical (unpaired) electrons. The second-order valence-electron chi connectivity index (χ2n) is 2.59. The summed E-state index contributed by atoms with van der Waals surface area (Å²) in [5.74, 6) is 0.0943. The standard InChI is InChI=1S/C9H5IO3/c10-7-4-13-8-3-5(11)1-2-6(8)9(7)12/h1-4,11H. The molecule has 0 saturated heterocycles. The lowest BCUT2D eigenvalue weighted by Crippen LogP contribution is -2.03. The molecule has 1 aromatic heterocycles. The summed E-state index contributed by atoms with van der Waals surface area (Å²) in [6.45, 7) is 0. The molecule has 0 bridgehead atoms. The largest absolute Gasteiger partial charge is 0.508 e. The molecule has 0 aliphatic heterocycles. The fraction of sp³-hybridized carbons (Fsp3) is 0. The highest BCUT2D eigenvalue weighted by molar-refractivity contribution is 14.1. The molecular formula is C9H5IO3. The van der Waals surface area contributed by atoms with Crippen molar-refractivity contribution >= 4 is 33.6 Å². The van der Waals surface area contributed by atoms with Crippen molar-refractivity contribution in [2.45, 2.75) is 0 Å². The number of hydrogen-bond acceptors (Lipinski definition) is 3. The first-order valence-electron chi connectivity index (χ1n) is 3.58. The van der Waals surface area contributed by atoms with Crippen molar-refractivity contribution in [1.82, 2.24) is 0 Å². The van der Waals surface area contributed by atoms with Gasteiger partial charge in [0.2, 0.25) is 5.43 Å². The van der Waals surface area contributed by atoms with E-state index in [0.717, 1.165) is 0 Å². The molecule has 0 atom stereocenters. The van der Waals surface area contributed by atoms with Gasteiger partial charge in [-0.05, 0) is 34.7 Å². The summed E-state index contributed by atoms with van der Waals surface area (Å²) in [5.41, 5.74) is 0.340. The van der Waals surface area contributed by atoms with Crippen LogP contribution in [0.25, 0.3) is 11.0 Å². The van der Waals surface area contributed by atoms with Crippen LogP contribution >= 0.6 is 22.6 Å². The van der Waals surface area contributed by atoms with Crippen LogP contribution in [0.3, 0.4) is 0 Å². The maximum atomic E-state index is 11.5. The third kappa shape index (κ3) is 1.41. The molecule has 0 saturated carbocycles. The van der Waals surface area contributed by atoms with Gasteiger partial charge in [-0.3, -0.25) is 4.79 Å². The number of hydrogen-bond donors (Lipinski definition) is 1. The minimum Gasteiger partial charge on any atom is -0.508 e.